The number of nitrogens with zero attached hydrogens (tertiary/aromatic N) is 7. The van der Waals surface area contributed by atoms with Gasteiger partial charge in [-0.05, 0) is 105 Å². The van der Waals surface area contributed by atoms with E-state index in [0.717, 1.165) is 72.3 Å². The van der Waals surface area contributed by atoms with Crippen molar-refractivity contribution in [2.75, 3.05) is 0 Å². The van der Waals surface area contributed by atoms with E-state index in [2.05, 4.69) is 263 Å². The van der Waals surface area contributed by atoms with Crippen molar-refractivity contribution in [3.8, 4) is 56.9 Å². The minimum atomic E-state index is 0.584. The Labute approximate surface area is 438 Å². The molecule has 0 aliphatic heterocycles. The lowest BCUT2D eigenvalue weighted by Crippen LogP contribution is -2.05. The summed E-state index contributed by atoms with van der Waals surface area (Å²) in [5.74, 6) is 1.77. The van der Waals surface area contributed by atoms with Gasteiger partial charge in [0, 0.05) is 77.0 Å². The van der Waals surface area contributed by atoms with Crippen molar-refractivity contribution in [2.45, 2.75) is 13.8 Å². The quantitative estimate of drug-likeness (QED) is 0.152. The zero-order valence-corrected chi connectivity index (χ0v) is 41.8. The van der Waals surface area contributed by atoms with Crippen LogP contribution in [-0.2, 0) is 0 Å². The molecule has 0 aliphatic rings. The number of allylic oxidation sites excluding steroid dienone is 1. The third-order valence-electron chi connectivity index (χ3n) is 15.3. The van der Waals surface area contributed by atoms with Crippen LogP contribution < -0.4 is 0 Å². The van der Waals surface area contributed by atoms with Crippen molar-refractivity contribution in [1.29, 1.82) is 0 Å². The molecular formula is C69H47N7. The van der Waals surface area contributed by atoms with Crippen molar-refractivity contribution < 1.29 is 0 Å². The average molecular weight is 974 g/mol. The molecule has 5 aromatic heterocycles. The fourth-order valence-electron chi connectivity index (χ4n) is 12.1. The Kier molecular flexibility index (Phi) is 9.87. The Morgan fingerprint density at radius 2 is 0.684 bits per heavy atom. The lowest BCUT2D eigenvalue weighted by molar-refractivity contribution is 1.05. The molecule has 76 heavy (non-hydrogen) atoms. The van der Waals surface area contributed by atoms with E-state index in [-0.39, 0.29) is 0 Å². The molecule has 5 heterocycles. The fourth-order valence-corrected chi connectivity index (χ4v) is 12.1. The van der Waals surface area contributed by atoms with Gasteiger partial charge >= 0.3 is 0 Å². The smallest absolute Gasteiger partial charge is 0.166 e. The van der Waals surface area contributed by atoms with E-state index in [4.69, 9.17) is 15.0 Å². The summed E-state index contributed by atoms with van der Waals surface area (Å²) in [5, 5.41) is 8.38. The fraction of sp³-hybridized carbons (Fsp3) is 0.0290. The molecule has 0 amide bonds. The van der Waals surface area contributed by atoms with Gasteiger partial charge < -0.3 is 18.3 Å². The first-order chi connectivity index (χ1) is 37.6. The van der Waals surface area contributed by atoms with Gasteiger partial charge in [0.05, 0.1) is 50.0 Å². The first-order valence-corrected chi connectivity index (χ1v) is 25.9. The molecule has 0 saturated heterocycles. The molecule has 0 aliphatic carbocycles. The van der Waals surface area contributed by atoms with Crippen LogP contribution in [0.25, 0.3) is 139 Å². The molecule has 0 unspecified atom stereocenters. The second-order valence-electron chi connectivity index (χ2n) is 19.5. The van der Waals surface area contributed by atoms with E-state index < -0.39 is 0 Å². The molecule has 0 bridgehead atoms. The first-order valence-electron chi connectivity index (χ1n) is 25.9. The number of hydrogen-bond donors (Lipinski definition) is 0. The molecule has 0 spiro atoms. The van der Waals surface area contributed by atoms with Crippen LogP contribution in [0.4, 0.5) is 0 Å². The largest absolute Gasteiger partial charge is 0.313 e. The van der Waals surface area contributed by atoms with Crippen LogP contribution in [-0.4, -0.2) is 33.2 Å². The predicted octanol–water partition coefficient (Wildman–Crippen LogP) is 17.4. The third-order valence-corrected chi connectivity index (χ3v) is 15.3. The minimum absolute atomic E-state index is 0.584. The van der Waals surface area contributed by atoms with Gasteiger partial charge in [-0.1, -0.05) is 158 Å². The summed E-state index contributed by atoms with van der Waals surface area (Å²) >= 11 is 0. The predicted molar refractivity (Wildman–Crippen MR) is 315 cm³/mol. The Balaban J connectivity index is 0.919. The SMILES string of the molecule is C/C=C\c1c(C)n(-c2ccc3c(c2)c2ccccc2n3-c2ccccc2-c2nc(-c3ccccc3)nc(-c3ccccc3-n3c4ccccc4c4cc(-n5c6ccccc6c6ccccc65)ccc43)n2)c2ccccc12. The molecule has 15 aromatic rings. The highest BCUT2D eigenvalue weighted by molar-refractivity contribution is 6.13. The van der Waals surface area contributed by atoms with Crippen molar-refractivity contribution in [3.05, 3.63) is 254 Å². The normalized spacial score (nSPS) is 12.0. The van der Waals surface area contributed by atoms with E-state index in [0.29, 0.717) is 17.5 Å². The van der Waals surface area contributed by atoms with Crippen LogP contribution in [0.2, 0.25) is 0 Å². The zero-order chi connectivity index (χ0) is 50.4. The van der Waals surface area contributed by atoms with Crippen molar-refractivity contribution in [2.24, 2.45) is 0 Å². The Morgan fingerprint density at radius 3 is 1.18 bits per heavy atom. The van der Waals surface area contributed by atoms with Crippen LogP contribution in [0.5, 0.6) is 0 Å². The molecule has 0 atom stereocenters. The van der Waals surface area contributed by atoms with E-state index >= 15 is 0 Å². The molecular weight excluding hydrogens is 927 g/mol. The topological polar surface area (TPSA) is 58.4 Å². The van der Waals surface area contributed by atoms with E-state index in [1.165, 1.54) is 54.7 Å². The molecule has 0 N–H and O–H groups in total. The van der Waals surface area contributed by atoms with Crippen molar-refractivity contribution >= 4 is 82.4 Å². The Hall–Kier alpha value is -10.1. The number of rotatable bonds is 8. The minimum Gasteiger partial charge on any atom is -0.313 e. The second kappa shape index (κ2) is 17.3. The monoisotopic (exact) mass is 973 g/mol. The maximum absolute atomic E-state index is 5.52. The number of para-hydroxylation sites is 7. The molecule has 15 rings (SSSR count). The van der Waals surface area contributed by atoms with Gasteiger partial charge in [-0.3, -0.25) is 0 Å². The van der Waals surface area contributed by atoms with Crippen molar-refractivity contribution in [1.82, 2.24) is 33.2 Å². The molecule has 0 saturated carbocycles. The highest BCUT2D eigenvalue weighted by atomic mass is 15.1. The van der Waals surface area contributed by atoms with E-state index in [1.54, 1.807) is 0 Å². The van der Waals surface area contributed by atoms with Gasteiger partial charge in [-0.15, -0.1) is 0 Å². The highest BCUT2D eigenvalue weighted by Gasteiger charge is 2.24. The number of benzene rings is 10. The van der Waals surface area contributed by atoms with Crippen LogP contribution >= 0.6 is 0 Å². The first kappa shape index (κ1) is 43.5. The van der Waals surface area contributed by atoms with Gasteiger partial charge in [0.15, 0.2) is 17.5 Å². The average Bonchev–Trinajstić information content (AvgIpc) is 4.29. The van der Waals surface area contributed by atoms with Gasteiger partial charge in [0.1, 0.15) is 0 Å². The maximum atomic E-state index is 5.52. The summed E-state index contributed by atoms with van der Waals surface area (Å²) in [4.78, 5) is 16.2. The van der Waals surface area contributed by atoms with Gasteiger partial charge in [0.2, 0.25) is 0 Å². The third kappa shape index (κ3) is 6.59. The standard InChI is InChI=1S/C69H47N7/c1-3-21-48-44(2)73(58-31-14-7-24-49(48)58)46-38-40-65-56(42-46)52-27-10-17-34-61(52)75(65)63-36-19-12-29-54(63)68-70-67(45-22-5-4-6-23-45)71-69(72-68)55-30-13-20-37-64(55)76-62-35-18-11-28-53(62)57-43-47(39-41-66(57)76)74-59-32-15-8-25-50(59)51-26-9-16-33-60(51)74/h3-43H,1-2H3/b21-3-. The van der Waals surface area contributed by atoms with E-state index in [9.17, 15) is 0 Å². The lowest BCUT2D eigenvalue weighted by atomic mass is 10.1. The summed E-state index contributed by atoms with van der Waals surface area (Å²) in [6, 6.07) is 84.5. The Morgan fingerprint density at radius 1 is 0.316 bits per heavy atom. The number of aromatic nitrogens is 7. The summed E-state index contributed by atoms with van der Waals surface area (Å²) in [5.41, 5.74) is 17.3. The summed E-state index contributed by atoms with van der Waals surface area (Å²) in [6.45, 7) is 4.30. The van der Waals surface area contributed by atoms with Gasteiger partial charge in [0.25, 0.3) is 0 Å². The Bertz CT molecular complexity index is 4800. The summed E-state index contributed by atoms with van der Waals surface area (Å²) in [7, 11) is 0. The molecule has 7 nitrogen and oxygen atoms in total. The van der Waals surface area contributed by atoms with E-state index in [1.807, 2.05) is 18.2 Å². The molecule has 7 heteroatoms. The van der Waals surface area contributed by atoms with Crippen LogP contribution in [0, 0.1) is 6.92 Å². The van der Waals surface area contributed by atoms with Gasteiger partial charge in [-0.2, -0.15) is 0 Å². The molecule has 0 radical (unpaired) electrons. The van der Waals surface area contributed by atoms with Crippen molar-refractivity contribution in [3.63, 3.8) is 0 Å². The number of hydrogen-bond acceptors (Lipinski definition) is 3. The highest BCUT2D eigenvalue weighted by Crippen LogP contribution is 2.42. The molecule has 0 fully saturated rings. The molecule has 10 aromatic carbocycles. The maximum Gasteiger partial charge on any atom is 0.166 e. The summed E-state index contributed by atoms with van der Waals surface area (Å²) < 4.78 is 9.54. The molecule has 358 valence electrons. The zero-order valence-electron chi connectivity index (χ0n) is 41.8. The van der Waals surface area contributed by atoms with Crippen LogP contribution in [0.15, 0.2) is 243 Å². The lowest BCUT2D eigenvalue weighted by Gasteiger charge is -2.16. The van der Waals surface area contributed by atoms with Crippen LogP contribution in [0.3, 0.4) is 0 Å². The van der Waals surface area contributed by atoms with Crippen LogP contribution in [0.1, 0.15) is 18.2 Å². The summed E-state index contributed by atoms with van der Waals surface area (Å²) in [6.07, 6.45) is 4.34. The van der Waals surface area contributed by atoms with Gasteiger partial charge in [-0.25, -0.2) is 15.0 Å². The second-order valence-corrected chi connectivity index (χ2v) is 19.5. The number of fused-ring (bicyclic) bond motifs is 10.